The lowest BCUT2D eigenvalue weighted by molar-refractivity contribution is 0.0663. The highest BCUT2D eigenvalue weighted by atomic mass is 32.1. The lowest BCUT2D eigenvalue weighted by Crippen LogP contribution is -2.39. The van der Waals surface area contributed by atoms with Crippen LogP contribution in [-0.2, 0) is 0 Å². The molecule has 1 aliphatic heterocycles. The summed E-state index contributed by atoms with van der Waals surface area (Å²) in [6.07, 6.45) is 3.36. The smallest absolute Gasteiger partial charge is 0.289 e. The van der Waals surface area contributed by atoms with Gasteiger partial charge in [-0.15, -0.1) is 11.3 Å². The van der Waals surface area contributed by atoms with Gasteiger partial charge in [-0.1, -0.05) is 11.2 Å². The fourth-order valence-corrected chi connectivity index (χ4v) is 3.48. The minimum absolute atomic E-state index is 0.0730. The van der Waals surface area contributed by atoms with Gasteiger partial charge in [0.05, 0.1) is 17.1 Å². The van der Waals surface area contributed by atoms with Crippen molar-refractivity contribution in [1.29, 1.82) is 0 Å². The highest BCUT2D eigenvalue weighted by Crippen LogP contribution is 2.29. The number of amides is 1. The van der Waals surface area contributed by atoms with Gasteiger partial charge in [-0.25, -0.2) is 0 Å². The van der Waals surface area contributed by atoms with Crippen LogP contribution in [0.25, 0.3) is 10.7 Å². The molecule has 3 aromatic rings. The summed E-state index contributed by atoms with van der Waals surface area (Å²) in [5.74, 6) is 1.58. The Bertz CT molecular complexity index is 779. The van der Waals surface area contributed by atoms with Gasteiger partial charge in [-0.05, 0) is 36.4 Å². The third-order valence-corrected chi connectivity index (χ3v) is 4.84. The molecule has 3 aromatic heterocycles. The maximum Gasteiger partial charge on any atom is 0.289 e. The molecule has 1 aliphatic rings. The van der Waals surface area contributed by atoms with Gasteiger partial charge in [0.15, 0.2) is 5.76 Å². The number of aromatic nitrogens is 2. The molecule has 1 atom stereocenters. The molecule has 7 heteroatoms. The molecular formula is C16H15N3O3S. The summed E-state index contributed by atoms with van der Waals surface area (Å²) in [6, 6.07) is 7.33. The third kappa shape index (κ3) is 2.79. The second-order valence-electron chi connectivity index (χ2n) is 5.50. The fourth-order valence-electron chi connectivity index (χ4n) is 2.83. The molecule has 0 saturated carbocycles. The standard InChI is InChI=1S/C16H15N3O3S/c20-16(12-5-2-8-21-12)19-7-1-4-11(10-19)15-17-14(18-22-15)13-6-3-9-23-13/h2-3,5-6,8-9,11H,1,4,7,10H2. The Balaban J connectivity index is 1.50. The normalized spacial score (nSPS) is 18.3. The molecule has 0 spiro atoms. The van der Waals surface area contributed by atoms with E-state index in [4.69, 9.17) is 8.94 Å². The number of nitrogens with zero attached hydrogens (tertiary/aromatic N) is 3. The van der Waals surface area contributed by atoms with Crippen molar-refractivity contribution in [3.8, 4) is 10.7 Å². The maximum absolute atomic E-state index is 12.4. The number of rotatable bonds is 3. The van der Waals surface area contributed by atoms with Crippen LogP contribution in [0, 0.1) is 0 Å². The molecule has 1 saturated heterocycles. The fraction of sp³-hybridized carbons (Fsp3) is 0.312. The van der Waals surface area contributed by atoms with Crippen LogP contribution in [0.15, 0.2) is 44.8 Å². The zero-order valence-electron chi connectivity index (χ0n) is 12.3. The molecule has 1 amide bonds. The first kappa shape index (κ1) is 14.2. The Hall–Kier alpha value is -2.41. The van der Waals surface area contributed by atoms with Gasteiger partial charge in [0.2, 0.25) is 11.7 Å². The van der Waals surface area contributed by atoms with Crippen molar-refractivity contribution in [3.05, 3.63) is 47.6 Å². The number of carbonyl (C=O) groups is 1. The average Bonchev–Trinajstić information content (AvgIpc) is 3.36. The minimum Gasteiger partial charge on any atom is -0.459 e. The van der Waals surface area contributed by atoms with Gasteiger partial charge in [-0.2, -0.15) is 4.98 Å². The van der Waals surface area contributed by atoms with Gasteiger partial charge in [0, 0.05) is 13.1 Å². The highest BCUT2D eigenvalue weighted by molar-refractivity contribution is 7.13. The second kappa shape index (κ2) is 6.00. The van der Waals surface area contributed by atoms with E-state index >= 15 is 0 Å². The molecule has 4 heterocycles. The van der Waals surface area contributed by atoms with E-state index in [0.717, 1.165) is 24.3 Å². The van der Waals surface area contributed by atoms with Crippen molar-refractivity contribution in [3.63, 3.8) is 0 Å². The summed E-state index contributed by atoms with van der Waals surface area (Å²) >= 11 is 1.58. The van der Waals surface area contributed by atoms with Crippen molar-refractivity contribution >= 4 is 17.2 Å². The minimum atomic E-state index is -0.0855. The van der Waals surface area contributed by atoms with E-state index in [1.54, 1.807) is 28.4 Å². The number of hydrogen-bond acceptors (Lipinski definition) is 6. The summed E-state index contributed by atoms with van der Waals surface area (Å²) < 4.78 is 10.6. The molecule has 1 unspecified atom stereocenters. The molecule has 6 nitrogen and oxygen atoms in total. The number of hydrogen-bond donors (Lipinski definition) is 0. The Morgan fingerprint density at radius 2 is 2.30 bits per heavy atom. The average molecular weight is 329 g/mol. The van der Waals surface area contributed by atoms with E-state index in [1.165, 1.54) is 6.26 Å². The Morgan fingerprint density at radius 3 is 3.09 bits per heavy atom. The lowest BCUT2D eigenvalue weighted by atomic mass is 9.98. The van der Waals surface area contributed by atoms with E-state index in [1.807, 2.05) is 17.5 Å². The molecule has 118 valence electrons. The quantitative estimate of drug-likeness (QED) is 0.736. The van der Waals surface area contributed by atoms with Crippen molar-refractivity contribution in [2.45, 2.75) is 18.8 Å². The van der Waals surface area contributed by atoms with Crippen LogP contribution in [0.2, 0.25) is 0 Å². The van der Waals surface area contributed by atoms with Gasteiger partial charge >= 0.3 is 0 Å². The maximum atomic E-state index is 12.4. The van der Waals surface area contributed by atoms with Gasteiger partial charge < -0.3 is 13.8 Å². The van der Waals surface area contributed by atoms with Crippen LogP contribution in [0.5, 0.6) is 0 Å². The van der Waals surface area contributed by atoms with Crippen LogP contribution in [-0.4, -0.2) is 34.0 Å². The van der Waals surface area contributed by atoms with Crippen LogP contribution < -0.4 is 0 Å². The van der Waals surface area contributed by atoms with Gasteiger partial charge in [-0.3, -0.25) is 4.79 Å². The van der Waals surface area contributed by atoms with Crippen LogP contribution in [0.3, 0.4) is 0 Å². The first-order chi connectivity index (χ1) is 11.3. The number of thiophene rings is 1. The summed E-state index contributed by atoms with van der Waals surface area (Å²) in [5.41, 5.74) is 0. The number of carbonyl (C=O) groups excluding carboxylic acids is 1. The number of likely N-dealkylation sites (tertiary alicyclic amines) is 1. The van der Waals surface area contributed by atoms with E-state index in [-0.39, 0.29) is 11.8 Å². The third-order valence-electron chi connectivity index (χ3n) is 3.97. The van der Waals surface area contributed by atoms with Crippen molar-refractivity contribution in [2.24, 2.45) is 0 Å². The largest absolute Gasteiger partial charge is 0.459 e. The number of piperidine rings is 1. The molecular weight excluding hydrogens is 314 g/mol. The molecule has 0 bridgehead atoms. The van der Waals surface area contributed by atoms with E-state index in [2.05, 4.69) is 10.1 Å². The summed E-state index contributed by atoms with van der Waals surface area (Å²) in [6.45, 7) is 1.30. The molecule has 1 fully saturated rings. The van der Waals surface area contributed by atoms with E-state index in [9.17, 15) is 4.79 Å². The Kier molecular flexibility index (Phi) is 3.70. The molecule has 0 radical (unpaired) electrons. The SMILES string of the molecule is O=C(c1ccco1)N1CCCC(c2nc(-c3cccs3)no2)C1. The molecule has 0 aliphatic carbocycles. The predicted molar refractivity (Wildman–Crippen MR) is 84.2 cm³/mol. The molecule has 4 rings (SSSR count). The molecule has 0 N–H and O–H groups in total. The summed E-state index contributed by atoms with van der Waals surface area (Å²) in [5, 5.41) is 6.04. The topological polar surface area (TPSA) is 72.4 Å². The summed E-state index contributed by atoms with van der Waals surface area (Å²) in [4.78, 5) is 19.7. The van der Waals surface area contributed by atoms with Crippen LogP contribution >= 0.6 is 11.3 Å². The van der Waals surface area contributed by atoms with Crippen LogP contribution in [0.4, 0.5) is 0 Å². The second-order valence-corrected chi connectivity index (χ2v) is 6.45. The van der Waals surface area contributed by atoms with Crippen molar-refractivity contribution in [1.82, 2.24) is 15.0 Å². The van der Waals surface area contributed by atoms with Crippen LogP contribution in [0.1, 0.15) is 35.2 Å². The van der Waals surface area contributed by atoms with Crippen molar-refractivity contribution < 1.29 is 13.7 Å². The van der Waals surface area contributed by atoms with E-state index in [0.29, 0.717) is 24.0 Å². The lowest BCUT2D eigenvalue weighted by Gasteiger charge is -2.30. The summed E-state index contributed by atoms with van der Waals surface area (Å²) in [7, 11) is 0. The van der Waals surface area contributed by atoms with Gasteiger partial charge in [0.25, 0.3) is 5.91 Å². The Morgan fingerprint density at radius 1 is 1.35 bits per heavy atom. The Labute approximate surface area is 136 Å². The monoisotopic (exact) mass is 329 g/mol. The highest BCUT2D eigenvalue weighted by Gasteiger charge is 2.30. The van der Waals surface area contributed by atoms with Crippen molar-refractivity contribution in [2.75, 3.05) is 13.1 Å². The zero-order valence-corrected chi connectivity index (χ0v) is 13.2. The molecule has 23 heavy (non-hydrogen) atoms. The first-order valence-corrected chi connectivity index (χ1v) is 8.39. The van der Waals surface area contributed by atoms with Gasteiger partial charge in [0.1, 0.15) is 0 Å². The van der Waals surface area contributed by atoms with E-state index < -0.39 is 0 Å². The predicted octanol–water partition coefficient (Wildman–Crippen LogP) is 3.41. The first-order valence-electron chi connectivity index (χ1n) is 7.51. The zero-order chi connectivity index (χ0) is 15.6. The number of furan rings is 1. The molecule has 0 aromatic carbocycles.